The van der Waals surface area contributed by atoms with Crippen LogP contribution in [0.5, 0.6) is 0 Å². The Labute approximate surface area is 128 Å². The van der Waals surface area contributed by atoms with E-state index in [4.69, 9.17) is 0 Å². The van der Waals surface area contributed by atoms with Gasteiger partial charge in [0.15, 0.2) is 0 Å². The Morgan fingerprint density at radius 3 is 1.90 bits per heavy atom. The summed E-state index contributed by atoms with van der Waals surface area (Å²) >= 11 is 0. The average Bonchev–Trinajstić information content (AvgIpc) is 2.52. The van der Waals surface area contributed by atoms with Gasteiger partial charge in [-0.1, -0.05) is 25.8 Å². The highest BCUT2D eigenvalue weighted by molar-refractivity contribution is 6.41. The van der Waals surface area contributed by atoms with Gasteiger partial charge in [-0.2, -0.15) is 0 Å². The van der Waals surface area contributed by atoms with Crippen molar-refractivity contribution in [2.45, 2.75) is 64.1 Å². The van der Waals surface area contributed by atoms with Crippen molar-refractivity contribution in [1.82, 2.24) is 9.80 Å². The molecule has 0 amide bonds. The molecule has 2 aliphatic rings. The van der Waals surface area contributed by atoms with Gasteiger partial charge in [0.2, 0.25) is 0 Å². The summed E-state index contributed by atoms with van der Waals surface area (Å²) in [4.78, 5) is 5.61. The van der Waals surface area contributed by atoms with Crippen LogP contribution in [-0.4, -0.2) is 51.7 Å². The molecule has 0 N–H and O–H groups in total. The van der Waals surface area contributed by atoms with Crippen LogP contribution in [0.25, 0.3) is 0 Å². The minimum Gasteiger partial charge on any atom is -0.288 e. The third kappa shape index (κ3) is 5.01. The van der Waals surface area contributed by atoms with Crippen LogP contribution >= 0.6 is 0 Å². The summed E-state index contributed by atoms with van der Waals surface area (Å²) in [7, 11) is 0.00138. The van der Waals surface area contributed by atoms with Crippen molar-refractivity contribution in [3.8, 4) is 0 Å². The Kier molecular flexibility index (Phi) is 7.32. The van der Waals surface area contributed by atoms with E-state index in [9.17, 15) is 0 Å². The standard InChI is InChI=1S/C17H34N2Si/c1-3-20-15-16(2)14-17(18-10-6-4-7-11-18)19-12-8-5-9-13-19/h3,16-17H,1,4-15,20H2,2H3. The summed E-state index contributed by atoms with van der Waals surface area (Å²) in [5.74, 6) is 0.883. The van der Waals surface area contributed by atoms with Crippen LogP contribution in [0.4, 0.5) is 0 Å². The lowest BCUT2D eigenvalue weighted by atomic mass is 10.0. The van der Waals surface area contributed by atoms with E-state index in [1.807, 2.05) is 0 Å². The number of hydrogen-bond donors (Lipinski definition) is 0. The van der Waals surface area contributed by atoms with Gasteiger partial charge in [0.1, 0.15) is 0 Å². The third-order valence-electron chi connectivity index (χ3n) is 5.10. The van der Waals surface area contributed by atoms with Gasteiger partial charge in [-0.05, 0) is 64.2 Å². The van der Waals surface area contributed by atoms with Crippen LogP contribution in [0, 0.1) is 5.92 Å². The molecular formula is C17H34N2Si. The molecule has 3 heteroatoms. The molecular weight excluding hydrogens is 260 g/mol. The highest BCUT2D eigenvalue weighted by Crippen LogP contribution is 2.24. The van der Waals surface area contributed by atoms with Crippen molar-refractivity contribution in [2.24, 2.45) is 5.92 Å². The van der Waals surface area contributed by atoms with Gasteiger partial charge in [-0.25, -0.2) is 0 Å². The second-order valence-corrected chi connectivity index (χ2v) is 8.61. The summed E-state index contributed by atoms with van der Waals surface area (Å²) in [6.07, 6.45) is 10.7. The van der Waals surface area contributed by atoms with Gasteiger partial charge in [0, 0.05) is 9.52 Å². The maximum absolute atomic E-state index is 3.93. The zero-order valence-electron chi connectivity index (χ0n) is 13.5. The highest BCUT2D eigenvalue weighted by atomic mass is 28.2. The molecule has 2 saturated heterocycles. The quantitative estimate of drug-likeness (QED) is 0.666. The SMILES string of the molecule is C=C[SiH2]CC(C)CC(N1CCCCC1)N1CCCCC1. The smallest absolute Gasteiger partial charge is 0.0624 e. The Morgan fingerprint density at radius 1 is 0.950 bits per heavy atom. The molecule has 1 unspecified atom stereocenters. The lowest BCUT2D eigenvalue weighted by molar-refractivity contribution is 0.00473. The lowest BCUT2D eigenvalue weighted by Crippen LogP contribution is -2.52. The van der Waals surface area contributed by atoms with Crippen LogP contribution < -0.4 is 0 Å². The molecule has 0 spiro atoms. The first-order chi connectivity index (χ1) is 9.81. The predicted molar refractivity (Wildman–Crippen MR) is 92.0 cm³/mol. The molecule has 0 aliphatic carbocycles. The van der Waals surface area contributed by atoms with Crippen LogP contribution in [0.2, 0.25) is 6.04 Å². The van der Waals surface area contributed by atoms with Gasteiger partial charge in [-0.15, -0.1) is 12.3 Å². The molecule has 2 rings (SSSR count). The second kappa shape index (κ2) is 9.01. The lowest BCUT2D eigenvalue weighted by Gasteiger charge is -2.44. The number of piperidine rings is 2. The molecule has 0 radical (unpaired) electrons. The van der Waals surface area contributed by atoms with E-state index >= 15 is 0 Å². The van der Waals surface area contributed by atoms with E-state index in [1.165, 1.54) is 77.2 Å². The fourth-order valence-corrected chi connectivity index (χ4v) is 4.88. The topological polar surface area (TPSA) is 6.48 Å². The predicted octanol–water partition coefficient (Wildman–Crippen LogP) is 3.04. The zero-order valence-corrected chi connectivity index (χ0v) is 14.9. The summed E-state index contributed by atoms with van der Waals surface area (Å²) in [6.45, 7) is 11.8. The Balaban J connectivity index is 1.92. The number of nitrogens with zero attached hydrogens (tertiary/aromatic N) is 2. The van der Waals surface area contributed by atoms with Gasteiger partial charge in [0.05, 0.1) is 6.17 Å². The summed E-state index contributed by atoms with van der Waals surface area (Å²) in [5, 5.41) is 0. The Bertz CT molecular complexity index is 252. The van der Waals surface area contributed by atoms with E-state index in [2.05, 4.69) is 29.0 Å². The summed E-state index contributed by atoms with van der Waals surface area (Å²) in [5.41, 5.74) is 2.22. The van der Waals surface area contributed by atoms with Gasteiger partial charge >= 0.3 is 0 Å². The molecule has 116 valence electrons. The van der Waals surface area contributed by atoms with E-state index in [1.54, 1.807) is 0 Å². The first kappa shape index (κ1) is 16.3. The van der Waals surface area contributed by atoms with E-state index in [0.717, 1.165) is 12.1 Å². The van der Waals surface area contributed by atoms with E-state index in [0.29, 0.717) is 0 Å². The first-order valence-electron chi connectivity index (χ1n) is 8.90. The molecule has 2 nitrogen and oxygen atoms in total. The maximum atomic E-state index is 3.93. The molecule has 2 fully saturated rings. The molecule has 2 aliphatic heterocycles. The van der Waals surface area contributed by atoms with Gasteiger partial charge < -0.3 is 0 Å². The number of likely N-dealkylation sites (tertiary alicyclic amines) is 2. The molecule has 0 bridgehead atoms. The highest BCUT2D eigenvalue weighted by Gasteiger charge is 2.28. The monoisotopic (exact) mass is 294 g/mol. The maximum Gasteiger partial charge on any atom is 0.0624 e. The molecule has 1 atom stereocenters. The average molecular weight is 295 g/mol. The van der Waals surface area contributed by atoms with Crippen molar-refractivity contribution >= 4 is 9.52 Å². The van der Waals surface area contributed by atoms with Gasteiger partial charge in [0.25, 0.3) is 0 Å². The van der Waals surface area contributed by atoms with E-state index < -0.39 is 0 Å². The van der Waals surface area contributed by atoms with Crippen LogP contribution in [0.1, 0.15) is 51.9 Å². The first-order valence-corrected chi connectivity index (χ1v) is 10.7. The molecule has 20 heavy (non-hydrogen) atoms. The fraction of sp³-hybridized carbons (Fsp3) is 0.882. The minimum atomic E-state index is 0.00138. The van der Waals surface area contributed by atoms with Crippen LogP contribution in [0.3, 0.4) is 0 Å². The zero-order chi connectivity index (χ0) is 14.2. The Hall–Kier alpha value is -0.123. The summed E-state index contributed by atoms with van der Waals surface area (Å²) in [6, 6.07) is 1.45. The Morgan fingerprint density at radius 2 is 1.45 bits per heavy atom. The van der Waals surface area contributed by atoms with Crippen molar-refractivity contribution in [3.63, 3.8) is 0 Å². The summed E-state index contributed by atoms with van der Waals surface area (Å²) < 4.78 is 0. The van der Waals surface area contributed by atoms with E-state index in [-0.39, 0.29) is 9.52 Å². The van der Waals surface area contributed by atoms with Crippen molar-refractivity contribution < 1.29 is 0 Å². The minimum absolute atomic E-state index is 0.00138. The normalized spacial score (nSPS) is 24.5. The number of hydrogen-bond acceptors (Lipinski definition) is 2. The number of rotatable bonds is 7. The van der Waals surface area contributed by atoms with Crippen LogP contribution in [-0.2, 0) is 0 Å². The van der Waals surface area contributed by atoms with Crippen molar-refractivity contribution in [2.75, 3.05) is 26.2 Å². The fourth-order valence-electron chi connectivity index (χ4n) is 3.84. The molecule has 0 saturated carbocycles. The molecule has 0 aromatic rings. The molecule has 0 aromatic carbocycles. The van der Waals surface area contributed by atoms with Gasteiger partial charge in [-0.3, -0.25) is 9.80 Å². The second-order valence-electron chi connectivity index (χ2n) is 6.88. The molecule has 2 heterocycles. The van der Waals surface area contributed by atoms with Crippen molar-refractivity contribution in [1.29, 1.82) is 0 Å². The van der Waals surface area contributed by atoms with Crippen LogP contribution in [0.15, 0.2) is 12.3 Å². The van der Waals surface area contributed by atoms with Crippen molar-refractivity contribution in [3.05, 3.63) is 12.3 Å². The largest absolute Gasteiger partial charge is 0.288 e. The third-order valence-corrected chi connectivity index (χ3v) is 6.83. The molecule has 0 aromatic heterocycles.